The minimum absolute atomic E-state index is 0.246. The van der Waals surface area contributed by atoms with Crippen molar-refractivity contribution >= 4 is 5.78 Å². The summed E-state index contributed by atoms with van der Waals surface area (Å²) in [6.07, 6.45) is -2.98. The summed E-state index contributed by atoms with van der Waals surface area (Å²) >= 11 is 0. The van der Waals surface area contributed by atoms with Crippen LogP contribution in [0.3, 0.4) is 0 Å². The van der Waals surface area contributed by atoms with Crippen LogP contribution in [0.2, 0.25) is 0 Å². The van der Waals surface area contributed by atoms with E-state index < -0.39 is 12.2 Å². The van der Waals surface area contributed by atoms with E-state index in [0.717, 1.165) is 0 Å². The molecule has 2 atom stereocenters. The van der Waals surface area contributed by atoms with Crippen molar-refractivity contribution in [2.75, 3.05) is 0 Å². The van der Waals surface area contributed by atoms with Gasteiger partial charge in [0.15, 0.2) is 11.9 Å². The minimum atomic E-state index is -1.57. The van der Waals surface area contributed by atoms with Gasteiger partial charge in [0.25, 0.3) is 0 Å². The second-order valence-corrected chi connectivity index (χ2v) is 4.30. The summed E-state index contributed by atoms with van der Waals surface area (Å²) in [5, 5.41) is 28.0. The van der Waals surface area contributed by atoms with Crippen molar-refractivity contribution in [3.8, 4) is 6.07 Å². The van der Waals surface area contributed by atoms with Gasteiger partial charge in [0.1, 0.15) is 6.10 Å². The lowest BCUT2D eigenvalue weighted by molar-refractivity contribution is 0.0520. The van der Waals surface area contributed by atoms with Gasteiger partial charge in [-0.25, -0.2) is 0 Å². The maximum Gasteiger partial charge on any atom is 0.193 e. The van der Waals surface area contributed by atoms with Gasteiger partial charge in [-0.15, -0.1) is 0 Å². The number of hydrogen-bond donors (Lipinski definition) is 2. The van der Waals surface area contributed by atoms with Gasteiger partial charge in [0.2, 0.25) is 0 Å². The summed E-state index contributed by atoms with van der Waals surface area (Å²) in [7, 11) is 0. The Labute approximate surface area is 116 Å². The Morgan fingerprint density at radius 2 is 1.60 bits per heavy atom. The number of nitrogens with zero attached hydrogens (tertiary/aromatic N) is 1. The first-order valence-corrected chi connectivity index (χ1v) is 6.09. The molecule has 2 aromatic carbocycles. The Kier molecular flexibility index (Phi) is 4.26. The van der Waals surface area contributed by atoms with Crippen LogP contribution in [0.5, 0.6) is 0 Å². The molecule has 2 unspecified atom stereocenters. The van der Waals surface area contributed by atoms with E-state index in [2.05, 4.69) is 0 Å². The molecule has 20 heavy (non-hydrogen) atoms. The summed E-state index contributed by atoms with van der Waals surface area (Å²) in [6.45, 7) is 0. The van der Waals surface area contributed by atoms with Gasteiger partial charge < -0.3 is 10.2 Å². The quantitative estimate of drug-likeness (QED) is 0.654. The highest BCUT2D eigenvalue weighted by molar-refractivity contribution is 6.10. The van der Waals surface area contributed by atoms with E-state index >= 15 is 0 Å². The number of ketones is 1. The maximum atomic E-state index is 12.4. The van der Waals surface area contributed by atoms with Gasteiger partial charge in [0.05, 0.1) is 6.07 Å². The summed E-state index contributed by atoms with van der Waals surface area (Å²) in [6, 6.07) is 16.6. The van der Waals surface area contributed by atoms with E-state index in [1.165, 1.54) is 6.07 Å². The summed E-state index contributed by atoms with van der Waals surface area (Å²) in [5.41, 5.74) is 1.01. The van der Waals surface area contributed by atoms with E-state index in [0.29, 0.717) is 5.56 Å². The first-order chi connectivity index (χ1) is 9.65. The Hall–Kier alpha value is -2.48. The predicted molar refractivity (Wildman–Crippen MR) is 72.9 cm³/mol. The highest BCUT2D eigenvalue weighted by Gasteiger charge is 2.23. The molecular weight excluding hydrogens is 254 g/mol. The average Bonchev–Trinajstić information content (AvgIpc) is 2.53. The average molecular weight is 267 g/mol. The number of benzene rings is 2. The zero-order chi connectivity index (χ0) is 14.5. The summed E-state index contributed by atoms with van der Waals surface area (Å²) < 4.78 is 0. The van der Waals surface area contributed by atoms with Gasteiger partial charge in [-0.05, 0) is 5.56 Å². The third-order valence-corrected chi connectivity index (χ3v) is 2.99. The minimum Gasteiger partial charge on any atom is -0.385 e. The smallest absolute Gasteiger partial charge is 0.193 e. The number of rotatable bonds is 4. The van der Waals surface area contributed by atoms with Crippen LogP contribution in [0.25, 0.3) is 0 Å². The number of carbonyl (C=O) groups is 1. The molecule has 0 saturated carbocycles. The van der Waals surface area contributed by atoms with Crippen molar-refractivity contribution in [2.45, 2.75) is 12.2 Å². The largest absolute Gasteiger partial charge is 0.385 e. The van der Waals surface area contributed by atoms with Crippen LogP contribution in [0.15, 0.2) is 54.6 Å². The fourth-order valence-corrected chi connectivity index (χ4v) is 1.95. The fraction of sp³-hybridized carbons (Fsp3) is 0.125. The van der Waals surface area contributed by atoms with Crippen molar-refractivity contribution in [3.05, 3.63) is 71.3 Å². The van der Waals surface area contributed by atoms with Crippen LogP contribution < -0.4 is 0 Å². The van der Waals surface area contributed by atoms with Gasteiger partial charge in [-0.2, -0.15) is 5.26 Å². The fourth-order valence-electron chi connectivity index (χ4n) is 1.95. The molecule has 2 N–H and O–H groups in total. The predicted octanol–water partition coefficient (Wildman–Crippen LogP) is 1.84. The standard InChI is InChI=1S/C16H13NO3/c17-10-14(18)16(20)13-9-5-4-8-12(13)15(19)11-6-2-1-3-7-11/h1-9,14,16,18,20H. The van der Waals surface area contributed by atoms with Gasteiger partial charge in [0, 0.05) is 11.1 Å². The van der Waals surface area contributed by atoms with Crippen molar-refractivity contribution < 1.29 is 15.0 Å². The normalized spacial score (nSPS) is 13.2. The number of aliphatic hydroxyl groups excluding tert-OH is 2. The van der Waals surface area contributed by atoms with Crippen LogP contribution in [0.4, 0.5) is 0 Å². The molecule has 0 aromatic heterocycles. The van der Waals surface area contributed by atoms with E-state index in [1.54, 1.807) is 54.6 Å². The van der Waals surface area contributed by atoms with Gasteiger partial charge >= 0.3 is 0 Å². The molecule has 0 heterocycles. The van der Waals surface area contributed by atoms with Crippen LogP contribution in [0, 0.1) is 11.3 Å². The molecule has 0 amide bonds. The maximum absolute atomic E-state index is 12.4. The van der Waals surface area contributed by atoms with Crippen molar-refractivity contribution in [1.82, 2.24) is 0 Å². The number of carbonyl (C=O) groups excluding carboxylic acids is 1. The Balaban J connectivity index is 2.43. The lowest BCUT2D eigenvalue weighted by Crippen LogP contribution is -2.19. The second kappa shape index (κ2) is 6.11. The first-order valence-electron chi connectivity index (χ1n) is 6.09. The molecule has 0 bridgehead atoms. The number of nitriles is 1. The molecule has 2 aromatic rings. The second-order valence-electron chi connectivity index (χ2n) is 4.30. The molecule has 2 rings (SSSR count). The number of hydrogen-bond acceptors (Lipinski definition) is 4. The molecule has 4 heteroatoms. The molecule has 0 saturated heterocycles. The van der Waals surface area contributed by atoms with E-state index in [9.17, 15) is 15.0 Å². The SMILES string of the molecule is N#CC(O)C(O)c1ccccc1C(=O)c1ccccc1. The van der Waals surface area contributed by atoms with Crippen molar-refractivity contribution in [3.63, 3.8) is 0 Å². The molecule has 4 nitrogen and oxygen atoms in total. The highest BCUT2D eigenvalue weighted by atomic mass is 16.3. The molecule has 100 valence electrons. The lowest BCUT2D eigenvalue weighted by atomic mass is 9.93. The molecule has 0 radical (unpaired) electrons. The summed E-state index contributed by atoms with van der Waals surface area (Å²) in [5.74, 6) is -0.259. The molecular formula is C16H13NO3. The van der Waals surface area contributed by atoms with Crippen molar-refractivity contribution in [1.29, 1.82) is 5.26 Å². The highest BCUT2D eigenvalue weighted by Crippen LogP contribution is 2.23. The van der Waals surface area contributed by atoms with E-state index in [1.807, 2.05) is 0 Å². The molecule has 0 fully saturated rings. The lowest BCUT2D eigenvalue weighted by Gasteiger charge is -2.15. The Bertz CT molecular complexity index is 646. The third kappa shape index (κ3) is 2.75. The van der Waals surface area contributed by atoms with Crippen LogP contribution in [0.1, 0.15) is 27.6 Å². The summed E-state index contributed by atoms with van der Waals surface area (Å²) in [4.78, 5) is 12.4. The monoisotopic (exact) mass is 267 g/mol. The Morgan fingerprint density at radius 3 is 2.25 bits per heavy atom. The van der Waals surface area contributed by atoms with Gasteiger partial charge in [-0.1, -0.05) is 54.6 Å². The van der Waals surface area contributed by atoms with Crippen LogP contribution in [-0.4, -0.2) is 22.1 Å². The molecule has 0 spiro atoms. The van der Waals surface area contributed by atoms with Crippen LogP contribution >= 0.6 is 0 Å². The third-order valence-electron chi connectivity index (χ3n) is 2.99. The molecule has 0 aliphatic heterocycles. The van der Waals surface area contributed by atoms with E-state index in [4.69, 9.17) is 5.26 Å². The van der Waals surface area contributed by atoms with Gasteiger partial charge in [-0.3, -0.25) is 4.79 Å². The zero-order valence-electron chi connectivity index (χ0n) is 10.6. The molecule has 0 aliphatic carbocycles. The zero-order valence-corrected chi connectivity index (χ0v) is 10.6. The molecule has 0 aliphatic rings. The van der Waals surface area contributed by atoms with E-state index in [-0.39, 0.29) is 16.9 Å². The van der Waals surface area contributed by atoms with Crippen molar-refractivity contribution in [2.24, 2.45) is 0 Å². The Morgan fingerprint density at radius 1 is 1.00 bits per heavy atom. The first kappa shape index (κ1) is 13.9. The number of aliphatic hydroxyl groups is 2. The van der Waals surface area contributed by atoms with Crippen LogP contribution in [-0.2, 0) is 0 Å². The topological polar surface area (TPSA) is 81.3 Å².